The van der Waals surface area contributed by atoms with Gasteiger partial charge in [0.2, 0.25) is 0 Å². The van der Waals surface area contributed by atoms with Gasteiger partial charge in [-0.3, -0.25) is 4.79 Å². The van der Waals surface area contributed by atoms with E-state index in [0.29, 0.717) is 5.75 Å². The zero-order valence-corrected chi connectivity index (χ0v) is 14.0. The molecule has 0 amide bonds. The summed E-state index contributed by atoms with van der Waals surface area (Å²) in [6.07, 6.45) is 0.255. The highest BCUT2D eigenvalue weighted by molar-refractivity contribution is 9.10. The molecule has 3 rings (SSSR count). The summed E-state index contributed by atoms with van der Waals surface area (Å²) in [5, 5.41) is 0. The van der Waals surface area contributed by atoms with Gasteiger partial charge in [0.25, 0.3) is 0 Å². The Hall–Kier alpha value is -2.39. The van der Waals surface area contributed by atoms with Gasteiger partial charge < -0.3 is 4.74 Å². The molecule has 0 heterocycles. The predicted molar refractivity (Wildman–Crippen MR) is 95.4 cm³/mol. The molecular formula is C20H15BrO2. The molecule has 0 aliphatic carbocycles. The van der Waals surface area contributed by atoms with Crippen molar-refractivity contribution in [2.24, 2.45) is 0 Å². The molecule has 0 aromatic heterocycles. The van der Waals surface area contributed by atoms with Gasteiger partial charge >= 0.3 is 5.97 Å². The molecular weight excluding hydrogens is 352 g/mol. The van der Waals surface area contributed by atoms with Crippen molar-refractivity contribution in [3.05, 3.63) is 88.9 Å². The Morgan fingerprint density at radius 1 is 0.783 bits per heavy atom. The number of rotatable bonds is 4. The number of hydrogen-bond donors (Lipinski definition) is 0. The summed E-state index contributed by atoms with van der Waals surface area (Å²) < 4.78 is 6.28. The van der Waals surface area contributed by atoms with Crippen LogP contribution in [0.4, 0.5) is 0 Å². The van der Waals surface area contributed by atoms with Crippen molar-refractivity contribution in [1.29, 1.82) is 0 Å². The van der Waals surface area contributed by atoms with Crippen molar-refractivity contribution in [2.75, 3.05) is 0 Å². The molecule has 0 N–H and O–H groups in total. The lowest BCUT2D eigenvalue weighted by molar-refractivity contribution is -0.133. The second kappa shape index (κ2) is 7.25. The predicted octanol–water partition coefficient (Wildman–Crippen LogP) is 5.26. The summed E-state index contributed by atoms with van der Waals surface area (Å²) in [5.41, 5.74) is 3.24. The van der Waals surface area contributed by atoms with Crippen molar-refractivity contribution >= 4 is 21.9 Å². The van der Waals surface area contributed by atoms with E-state index in [4.69, 9.17) is 4.74 Å². The summed E-state index contributed by atoms with van der Waals surface area (Å²) in [5.74, 6) is 0.291. The minimum Gasteiger partial charge on any atom is -0.426 e. The van der Waals surface area contributed by atoms with E-state index < -0.39 is 0 Å². The fraction of sp³-hybridized carbons (Fsp3) is 0.0500. The van der Waals surface area contributed by atoms with E-state index in [9.17, 15) is 4.79 Å². The van der Waals surface area contributed by atoms with Crippen molar-refractivity contribution in [3.8, 4) is 16.9 Å². The van der Waals surface area contributed by atoms with E-state index in [1.165, 1.54) is 0 Å². The highest BCUT2D eigenvalue weighted by atomic mass is 79.9. The number of carbonyl (C=O) groups excluding carboxylic acids is 1. The number of hydrogen-bond acceptors (Lipinski definition) is 2. The second-order valence-corrected chi connectivity index (χ2v) is 6.08. The fourth-order valence-corrected chi connectivity index (χ4v) is 2.55. The molecule has 0 radical (unpaired) electrons. The smallest absolute Gasteiger partial charge is 0.315 e. The third-order valence-corrected chi connectivity index (χ3v) is 3.98. The van der Waals surface area contributed by atoms with Crippen LogP contribution in [0, 0.1) is 0 Å². The maximum Gasteiger partial charge on any atom is 0.315 e. The van der Waals surface area contributed by atoms with E-state index in [0.717, 1.165) is 21.2 Å². The third-order valence-electron chi connectivity index (χ3n) is 3.45. The van der Waals surface area contributed by atoms with Crippen LogP contribution in [-0.2, 0) is 11.2 Å². The van der Waals surface area contributed by atoms with Gasteiger partial charge in [-0.2, -0.15) is 0 Å². The average molecular weight is 367 g/mol. The van der Waals surface area contributed by atoms with Crippen molar-refractivity contribution < 1.29 is 9.53 Å². The highest BCUT2D eigenvalue weighted by Crippen LogP contribution is 2.20. The molecule has 3 aromatic carbocycles. The molecule has 2 nitrogen and oxygen atoms in total. The van der Waals surface area contributed by atoms with Gasteiger partial charge in [0.15, 0.2) is 0 Å². The Morgan fingerprint density at radius 2 is 1.39 bits per heavy atom. The zero-order valence-electron chi connectivity index (χ0n) is 12.4. The molecule has 0 spiro atoms. The van der Waals surface area contributed by atoms with E-state index in [1.807, 2.05) is 54.6 Å². The van der Waals surface area contributed by atoms with Gasteiger partial charge in [0, 0.05) is 4.47 Å². The maximum absolute atomic E-state index is 12.0. The van der Waals surface area contributed by atoms with Crippen LogP contribution in [0.5, 0.6) is 5.75 Å². The number of ether oxygens (including phenoxy) is 1. The van der Waals surface area contributed by atoms with Crippen molar-refractivity contribution in [2.45, 2.75) is 6.42 Å². The van der Waals surface area contributed by atoms with Crippen LogP contribution in [0.2, 0.25) is 0 Å². The van der Waals surface area contributed by atoms with Crippen LogP contribution < -0.4 is 4.74 Å². The molecule has 23 heavy (non-hydrogen) atoms. The molecule has 0 aliphatic heterocycles. The van der Waals surface area contributed by atoms with Gasteiger partial charge in [-0.1, -0.05) is 70.5 Å². The molecule has 3 heteroatoms. The first-order chi connectivity index (χ1) is 11.2. The summed E-state index contributed by atoms with van der Waals surface area (Å²) >= 11 is 3.35. The monoisotopic (exact) mass is 366 g/mol. The van der Waals surface area contributed by atoms with Gasteiger partial charge in [-0.05, 0) is 41.0 Å². The Balaban J connectivity index is 1.64. The maximum atomic E-state index is 12.0. The molecule has 0 unspecified atom stereocenters. The molecule has 114 valence electrons. The van der Waals surface area contributed by atoms with E-state index in [-0.39, 0.29) is 12.4 Å². The Morgan fingerprint density at radius 3 is 2.04 bits per heavy atom. The second-order valence-electron chi connectivity index (χ2n) is 5.17. The lowest BCUT2D eigenvalue weighted by Crippen LogP contribution is -2.11. The largest absolute Gasteiger partial charge is 0.426 e. The average Bonchev–Trinajstić information content (AvgIpc) is 2.58. The third kappa shape index (κ3) is 4.30. The first-order valence-electron chi connectivity index (χ1n) is 7.31. The number of esters is 1. The Kier molecular flexibility index (Phi) is 4.89. The van der Waals surface area contributed by atoms with Crippen LogP contribution in [-0.4, -0.2) is 5.97 Å². The standard InChI is InChI=1S/C20H15BrO2/c21-18-10-12-19(13-11-18)23-20(22)14-15-6-8-17(9-7-15)16-4-2-1-3-5-16/h1-13H,14H2. The van der Waals surface area contributed by atoms with Gasteiger partial charge in [0.05, 0.1) is 6.42 Å². The van der Waals surface area contributed by atoms with E-state index in [1.54, 1.807) is 12.1 Å². The number of carbonyl (C=O) groups is 1. The molecule has 0 saturated heterocycles. The highest BCUT2D eigenvalue weighted by Gasteiger charge is 2.07. The minimum atomic E-state index is -0.264. The van der Waals surface area contributed by atoms with Crippen molar-refractivity contribution in [3.63, 3.8) is 0 Å². The summed E-state index contributed by atoms with van der Waals surface area (Å²) in [4.78, 5) is 12.0. The van der Waals surface area contributed by atoms with Crippen LogP contribution in [0.25, 0.3) is 11.1 Å². The van der Waals surface area contributed by atoms with Crippen molar-refractivity contribution in [1.82, 2.24) is 0 Å². The molecule has 3 aromatic rings. The molecule has 0 bridgehead atoms. The van der Waals surface area contributed by atoms with Crippen LogP contribution >= 0.6 is 15.9 Å². The molecule has 0 aliphatic rings. The first kappa shape index (κ1) is 15.5. The van der Waals surface area contributed by atoms with E-state index in [2.05, 4.69) is 28.1 Å². The van der Waals surface area contributed by atoms with Crippen LogP contribution in [0.15, 0.2) is 83.3 Å². The quantitative estimate of drug-likeness (QED) is 0.464. The van der Waals surface area contributed by atoms with Crippen LogP contribution in [0.3, 0.4) is 0 Å². The molecule has 0 atom stereocenters. The summed E-state index contributed by atoms with van der Waals surface area (Å²) in [6, 6.07) is 25.3. The molecule has 0 saturated carbocycles. The first-order valence-corrected chi connectivity index (χ1v) is 8.10. The fourth-order valence-electron chi connectivity index (χ4n) is 2.28. The lowest BCUT2D eigenvalue weighted by Gasteiger charge is -2.06. The van der Waals surface area contributed by atoms with Gasteiger partial charge in [-0.15, -0.1) is 0 Å². The number of halogens is 1. The Labute approximate surface area is 143 Å². The van der Waals surface area contributed by atoms with Gasteiger partial charge in [0.1, 0.15) is 5.75 Å². The molecule has 0 fully saturated rings. The summed E-state index contributed by atoms with van der Waals surface area (Å²) in [6.45, 7) is 0. The Bertz CT molecular complexity index is 778. The summed E-state index contributed by atoms with van der Waals surface area (Å²) in [7, 11) is 0. The topological polar surface area (TPSA) is 26.3 Å². The van der Waals surface area contributed by atoms with E-state index >= 15 is 0 Å². The number of benzene rings is 3. The lowest BCUT2D eigenvalue weighted by atomic mass is 10.0. The normalized spacial score (nSPS) is 10.3. The van der Waals surface area contributed by atoms with Gasteiger partial charge in [-0.25, -0.2) is 0 Å². The SMILES string of the molecule is O=C(Cc1ccc(-c2ccccc2)cc1)Oc1ccc(Br)cc1. The minimum absolute atomic E-state index is 0.255. The zero-order chi connectivity index (χ0) is 16.1. The van der Waals surface area contributed by atoms with Crippen LogP contribution in [0.1, 0.15) is 5.56 Å².